The van der Waals surface area contributed by atoms with Crippen LogP contribution in [0.1, 0.15) is 65.7 Å². The predicted molar refractivity (Wildman–Crippen MR) is 131 cm³/mol. The van der Waals surface area contributed by atoms with Gasteiger partial charge in [0.2, 0.25) is 0 Å². The highest BCUT2D eigenvalue weighted by molar-refractivity contribution is 6.02. The lowest BCUT2D eigenvalue weighted by Gasteiger charge is -2.19. The number of hydrogen-bond donors (Lipinski definition) is 3. The standard InChI is InChI=1S/C27H31N3O3/c1-5-6-7-8-20-12-23(31)25(22-11-18(4)9-10-21(22)17(2)3)26(32)24(20)27(33)30-15-19-13-28-16-29-14-19/h9-14,16,31-32H,2,5-8,15H2,1,3-4H3,(H,30,33). The molecule has 6 nitrogen and oxygen atoms in total. The molecule has 0 spiro atoms. The van der Waals surface area contributed by atoms with Gasteiger partial charge in [-0.25, -0.2) is 9.97 Å². The number of unbranched alkanes of at least 4 members (excludes halogenated alkanes) is 2. The Labute approximate surface area is 195 Å². The Kier molecular flexibility index (Phi) is 7.83. The number of carbonyl (C=O) groups excluding carboxylic acids is 1. The van der Waals surface area contributed by atoms with Gasteiger partial charge in [-0.05, 0) is 49.4 Å². The quantitative estimate of drug-likeness (QED) is 0.375. The summed E-state index contributed by atoms with van der Waals surface area (Å²) in [4.78, 5) is 21.2. The molecule has 1 heterocycles. The minimum absolute atomic E-state index is 0.0555. The van der Waals surface area contributed by atoms with Crippen LogP contribution in [0.5, 0.6) is 11.5 Å². The lowest BCUT2D eigenvalue weighted by molar-refractivity contribution is 0.0947. The molecule has 0 aliphatic rings. The van der Waals surface area contributed by atoms with Crippen LogP contribution in [0.4, 0.5) is 0 Å². The Morgan fingerprint density at radius 2 is 1.85 bits per heavy atom. The fraction of sp³-hybridized carbons (Fsp3) is 0.296. The van der Waals surface area contributed by atoms with Crippen LogP contribution in [0.3, 0.4) is 0 Å². The fourth-order valence-electron chi connectivity index (χ4n) is 3.92. The van der Waals surface area contributed by atoms with Gasteiger partial charge in [-0.15, -0.1) is 0 Å². The van der Waals surface area contributed by atoms with Crippen LogP contribution in [-0.4, -0.2) is 26.1 Å². The number of amides is 1. The van der Waals surface area contributed by atoms with Crippen LogP contribution in [0.15, 0.2) is 49.6 Å². The molecule has 33 heavy (non-hydrogen) atoms. The molecule has 0 unspecified atom stereocenters. The summed E-state index contributed by atoms with van der Waals surface area (Å²) in [6.45, 7) is 10.2. The number of aromatic nitrogens is 2. The first kappa shape index (κ1) is 24.0. The van der Waals surface area contributed by atoms with Gasteiger partial charge >= 0.3 is 0 Å². The topological polar surface area (TPSA) is 95.3 Å². The normalized spacial score (nSPS) is 10.8. The average molecular weight is 446 g/mol. The first-order chi connectivity index (χ1) is 15.8. The van der Waals surface area contributed by atoms with Crippen molar-refractivity contribution in [3.05, 3.63) is 77.4 Å². The highest BCUT2D eigenvalue weighted by atomic mass is 16.3. The van der Waals surface area contributed by atoms with E-state index in [-0.39, 0.29) is 29.2 Å². The second kappa shape index (κ2) is 10.8. The molecular weight excluding hydrogens is 414 g/mol. The molecule has 172 valence electrons. The Morgan fingerprint density at radius 1 is 1.12 bits per heavy atom. The number of hydrogen-bond acceptors (Lipinski definition) is 5. The number of allylic oxidation sites excluding steroid dienone is 1. The summed E-state index contributed by atoms with van der Waals surface area (Å²) in [5.74, 6) is -0.690. The number of rotatable bonds is 9. The molecule has 2 aromatic carbocycles. The first-order valence-corrected chi connectivity index (χ1v) is 11.2. The van der Waals surface area contributed by atoms with Crippen LogP contribution in [-0.2, 0) is 13.0 Å². The van der Waals surface area contributed by atoms with Crippen molar-refractivity contribution < 1.29 is 15.0 Å². The summed E-state index contributed by atoms with van der Waals surface area (Å²) < 4.78 is 0. The monoisotopic (exact) mass is 445 g/mol. The Morgan fingerprint density at radius 3 is 2.52 bits per heavy atom. The highest BCUT2D eigenvalue weighted by Gasteiger charge is 2.25. The van der Waals surface area contributed by atoms with Crippen molar-refractivity contribution in [3.63, 3.8) is 0 Å². The van der Waals surface area contributed by atoms with Gasteiger partial charge in [-0.3, -0.25) is 4.79 Å². The van der Waals surface area contributed by atoms with Gasteiger partial charge in [0.05, 0.1) is 11.1 Å². The van der Waals surface area contributed by atoms with Gasteiger partial charge < -0.3 is 15.5 Å². The van der Waals surface area contributed by atoms with E-state index in [0.29, 0.717) is 17.5 Å². The van der Waals surface area contributed by atoms with Crippen molar-refractivity contribution in [3.8, 4) is 22.6 Å². The van der Waals surface area contributed by atoms with E-state index in [1.54, 1.807) is 18.5 Å². The zero-order valence-corrected chi connectivity index (χ0v) is 19.5. The van der Waals surface area contributed by atoms with E-state index in [0.717, 1.165) is 41.5 Å². The molecule has 0 radical (unpaired) electrons. The number of carbonyl (C=O) groups is 1. The molecule has 0 aliphatic heterocycles. The van der Waals surface area contributed by atoms with Crippen LogP contribution in [0.2, 0.25) is 0 Å². The minimum Gasteiger partial charge on any atom is -0.507 e. The number of nitrogens with zero attached hydrogens (tertiary/aromatic N) is 2. The lowest BCUT2D eigenvalue weighted by atomic mass is 9.89. The maximum Gasteiger partial charge on any atom is 0.255 e. The molecule has 6 heteroatoms. The second-order valence-electron chi connectivity index (χ2n) is 8.37. The molecule has 0 saturated carbocycles. The number of phenolic OH excluding ortho intramolecular Hbond substituents is 2. The van der Waals surface area contributed by atoms with E-state index >= 15 is 0 Å². The van der Waals surface area contributed by atoms with Crippen molar-refractivity contribution in [1.29, 1.82) is 0 Å². The molecule has 1 amide bonds. The van der Waals surface area contributed by atoms with E-state index in [2.05, 4.69) is 28.8 Å². The van der Waals surface area contributed by atoms with Gasteiger partial charge in [0.25, 0.3) is 5.91 Å². The summed E-state index contributed by atoms with van der Waals surface area (Å²) in [6.07, 6.45) is 8.12. The fourth-order valence-corrected chi connectivity index (χ4v) is 3.92. The molecule has 0 atom stereocenters. The third kappa shape index (κ3) is 5.58. The number of aryl methyl sites for hydroxylation is 2. The van der Waals surface area contributed by atoms with Gasteiger partial charge in [-0.2, -0.15) is 0 Å². The van der Waals surface area contributed by atoms with E-state index in [1.165, 1.54) is 6.33 Å². The Balaban J connectivity index is 2.10. The summed E-state index contributed by atoms with van der Waals surface area (Å²) in [7, 11) is 0. The number of benzene rings is 2. The molecule has 3 aromatic rings. The summed E-state index contributed by atoms with van der Waals surface area (Å²) in [6, 6.07) is 7.36. The number of phenols is 2. The van der Waals surface area contributed by atoms with E-state index in [1.807, 2.05) is 32.0 Å². The van der Waals surface area contributed by atoms with Crippen molar-refractivity contribution in [2.75, 3.05) is 0 Å². The maximum atomic E-state index is 13.3. The summed E-state index contributed by atoms with van der Waals surface area (Å²) in [5, 5.41) is 25.2. The molecule has 0 fully saturated rings. The van der Waals surface area contributed by atoms with Crippen molar-refractivity contribution >= 4 is 11.5 Å². The largest absolute Gasteiger partial charge is 0.507 e. The lowest BCUT2D eigenvalue weighted by Crippen LogP contribution is -2.24. The zero-order valence-electron chi connectivity index (χ0n) is 19.5. The smallest absolute Gasteiger partial charge is 0.255 e. The van der Waals surface area contributed by atoms with Crippen LogP contribution < -0.4 is 5.32 Å². The average Bonchev–Trinajstić information content (AvgIpc) is 2.78. The van der Waals surface area contributed by atoms with Gasteiger partial charge in [-0.1, -0.05) is 55.7 Å². The van der Waals surface area contributed by atoms with Crippen molar-refractivity contribution in [1.82, 2.24) is 15.3 Å². The maximum absolute atomic E-state index is 13.3. The third-order valence-corrected chi connectivity index (χ3v) is 5.61. The number of aromatic hydroxyl groups is 2. The summed E-state index contributed by atoms with van der Waals surface area (Å²) in [5.41, 5.74) is 5.00. The summed E-state index contributed by atoms with van der Waals surface area (Å²) >= 11 is 0. The van der Waals surface area contributed by atoms with Gasteiger partial charge in [0.1, 0.15) is 17.8 Å². The van der Waals surface area contributed by atoms with E-state index < -0.39 is 5.91 Å². The highest BCUT2D eigenvalue weighted by Crippen LogP contribution is 2.44. The number of nitrogens with one attached hydrogen (secondary N) is 1. The minimum atomic E-state index is -0.409. The second-order valence-corrected chi connectivity index (χ2v) is 8.37. The van der Waals surface area contributed by atoms with E-state index in [4.69, 9.17) is 0 Å². The van der Waals surface area contributed by atoms with Crippen LogP contribution in [0, 0.1) is 6.92 Å². The zero-order chi connectivity index (χ0) is 24.0. The molecule has 3 N–H and O–H groups in total. The predicted octanol–water partition coefficient (Wildman–Crippen LogP) is 5.56. The molecule has 0 aliphatic carbocycles. The van der Waals surface area contributed by atoms with Crippen molar-refractivity contribution in [2.24, 2.45) is 0 Å². The SMILES string of the molecule is C=C(C)c1ccc(C)cc1-c1c(O)cc(CCCCC)c(C(=O)NCc2cncnc2)c1O. The molecule has 0 saturated heterocycles. The van der Waals surface area contributed by atoms with Crippen LogP contribution in [0.25, 0.3) is 16.7 Å². The van der Waals surface area contributed by atoms with E-state index in [9.17, 15) is 15.0 Å². The Hall–Kier alpha value is -3.67. The van der Waals surface area contributed by atoms with Crippen molar-refractivity contribution in [2.45, 2.75) is 53.0 Å². The van der Waals surface area contributed by atoms with Gasteiger partial charge in [0, 0.05) is 24.5 Å². The Bertz CT molecular complexity index is 1160. The van der Waals surface area contributed by atoms with Crippen LogP contribution >= 0.6 is 0 Å². The van der Waals surface area contributed by atoms with Gasteiger partial charge in [0.15, 0.2) is 0 Å². The third-order valence-electron chi connectivity index (χ3n) is 5.61. The first-order valence-electron chi connectivity index (χ1n) is 11.2. The molecule has 1 aromatic heterocycles. The molecule has 3 rings (SSSR count). The molecule has 0 bridgehead atoms. The molecular formula is C27H31N3O3.